The summed E-state index contributed by atoms with van der Waals surface area (Å²) in [5, 5.41) is 3.49. The number of anilines is 1. The predicted octanol–water partition coefficient (Wildman–Crippen LogP) is 4.06. The third kappa shape index (κ3) is 3.94. The van der Waals surface area contributed by atoms with Gasteiger partial charge < -0.3 is 5.32 Å². The van der Waals surface area contributed by atoms with Gasteiger partial charge in [-0.05, 0) is 55.0 Å². The van der Waals surface area contributed by atoms with E-state index in [0.29, 0.717) is 22.6 Å². The molecule has 0 spiro atoms. The number of carbonyl (C=O) groups excluding carboxylic acids is 2. The van der Waals surface area contributed by atoms with Crippen molar-refractivity contribution in [2.45, 2.75) is 46.6 Å². The second-order valence-electron chi connectivity index (χ2n) is 8.35. The van der Waals surface area contributed by atoms with Crippen molar-refractivity contribution in [3.05, 3.63) is 57.0 Å². The summed E-state index contributed by atoms with van der Waals surface area (Å²) in [6, 6.07) is 6.74. The number of fused-ring (bicyclic) bond motifs is 3. The molecule has 7 heteroatoms. The molecule has 3 aromatic rings. The molecule has 0 aliphatic heterocycles. The van der Waals surface area contributed by atoms with Crippen LogP contribution in [0.3, 0.4) is 0 Å². The molecule has 1 amide bonds. The lowest BCUT2D eigenvalue weighted by Crippen LogP contribution is -2.25. The van der Waals surface area contributed by atoms with Crippen LogP contribution in [0, 0.1) is 11.8 Å². The number of ketones is 1. The van der Waals surface area contributed by atoms with Gasteiger partial charge in [0.15, 0.2) is 5.78 Å². The lowest BCUT2D eigenvalue weighted by atomic mass is 9.89. The van der Waals surface area contributed by atoms with Gasteiger partial charge in [-0.2, -0.15) is 0 Å². The Morgan fingerprint density at radius 3 is 2.70 bits per heavy atom. The predicted molar refractivity (Wildman–Crippen MR) is 119 cm³/mol. The van der Waals surface area contributed by atoms with Gasteiger partial charge in [0.25, 0.3) is 5.56 Å². The number of benzene rings is 1. The Kier molecular flexibility index (Phi) is 5.56. The number of nitrogens with zero attached hydrogens (tertiary/aromatic N) is 2. The molecule has 6 nitrogen and oxygen atoms in total. The van der Waals surface area contributed by atoms with Gasteiger partial charge in [-0.15, -0.1) is 11.3 Å². The number of hydrogen-bond donors (Lipinski definition) is 1. The van der Waals surface area contributed by atoms with Crippen molar-refractivity contribution < 1.29 is 9.59 Å². The largest absolute Gasteiger partial charge is 0.326 e. The molecule has 1 atom stereocenters. The van der Waals surface area contributed by atoms with E-state index in [1.807, 2.05) is 13.8 Å². The van der Waals surface area contributed by atoms with E-state index in [2.05, 4.69) is 17.2 Å². The number of carbonyl (C=O) groups is 2. The van der Waals surface area contributed by atoms with Crippen LogP contribution in [0.2, 0.25) is 0 Å². The maximum atomic E-state index is 13.1. The number of hydrogen-bond acceptors (Lipinski definition) is 5. The molecular weight excluding hydrogens is 398 g/mol. The van der Waals surface area contributed by atoms with Crippen LogP contribution in [0.25, 0.3) is 10.2 Å². The normalized spacial score (nSPS) is 15.9. The smallest absolute Gasteiger partial charge is 0.262 e. The third-order valence-corrected chi connectivity index (χ3v) is 6.76. The van der Waals surface area contributed by atoms with Crippen molar-refractivity contribution in [2.24, 2.45) is 11.8 Å². The zero-order chi connectivity index (χ0) is 21.4. The number of nitrogens with one attached hydrogen (secondary N) is 1. The maximum Gasteiger partial charge on any atom is 0.262 e. The maximum absolute atomic E-state index is 13.1. The fourth-order valence-electron chi connectivity index (χ4n) is 3.75. The van der Waals surface area contributed by atoms with E-state index in [9.17, 15) is 14.4 Å². The van der Waals surface area contributed by atoms with Crippen molar-refractivity contribution in [1.82, 2.24) is 9.55 Å². The van der Waals surface area contributed by atoms with Gasteiger partial charge in [0.05, 0.1) is 18.3 Å². The highest BCUT2D eigenvalue weighted by atomic mass is 32.1. The SMILES string of the molecule is CC1CCc2c(sc3ncn(CC(=O)c4ccc(NC(=O)C(C)C)cc4)c(=O)c23)C1. The molecule has 0 fully saturated rings. The van der Waals surface area contributed by atoms with Gasteiger partial charge in [-0.3, -0.25) is 19.0 Å². The summed E-state index contributed by atoms with van der Waals surface area (Å²) in [6.07, 6.45) is 4.44. The molecule has 1 N–H and O–H groups in total. The summed E-state index contributed by atoms with van der Waals surface area (Å²) < 4.78 is 1.41. The Labute approximate surface area is 179 Å². The van der Waals surface area contributed by atoms with Crippen molar-refractivity contribution >= 4 is 38.9 Å². The number of rotatable bonds is 5. The van der Waals surface area contributed by atoms with Crippen LogP contribution in [-0.4, -0.2) is 21.2 Å². The molecule has 1 aromatic carbocycles. The van der Waals surface area contributed by atoms with Crippen molar-refractivity contribution in [2.75, 3.05) is 5.32 Å². The van der Waals surface area contributed by atoms with Gasteiger partial charge >= 0.3 is 0 Å². The van der Waals surface area contributed by atoms with E-state index in [1.165, 1.54) is 15.8 Å². The topological polar surface area (TPSA) is 81.1 Å². The monoisotopic (exact) mass is 423 g/mol. The van der Waals surface area contributed by atoms with Crippen LogP contribution in [0.4, 0.5) is 5.69 Å². The summed E-state index contributed by atoms with van der Waals surface area (Å²) in [5.41, 5.74) is 2.12. The third-order valence-electron chi connectivity index (χ3n) is 5.59. The van der Waals surface area contributed by atoms with E-state index in [0.717, 1.165) is 29.7 Å². The van der Waals surface area contributed by atoms with Crippen LogP contribution in [0.1, 0.15) is 48.0 Å². The van der Waals surface area contributed by atoms with E-state index in [1.54, 1.807) is 35.6 Å². The van der Waals surface area contributed by atoms with Crippen LogP contribution in [0.15, 0.2) is 35.4 Å². The molecule has 4 rings (SSSR count). The number of aromatic nitrogens is 2. The van der Waals surface area contributed by atoms with Gasteiger partial charge in [-0.1, -0.05) is 20.8 Å². The van der Waals surface area contributed by atoms with Crippen LogP contribution < -0.4 is 10.9 Å². The van der Waals surface area contributed by atoms with Crippen molar-refractivity contribution in [3.8, 4) is 0 Å². The molecule has 1 aliphatic carbocycles. The zero-order valence-corrected chi connectivity index (χ0v) is 18.2. The minimum Gasteiger partial charge on any atom is -0.326 e. The van der Waals surface area contributed by atoms with E-state index in [-0.39, 0.29) is 29.7 Å². The Balaban J connectivity index is 1.55. The fraction of sp³-hybridized carbons (Fsp3) is 0.391. The Morgan fingerprint density at radius 1 is 1.27 bits per heavy atom. The number of aryl methyl sites for hydroxylation is 1. The Bertz CT molecular complexity index is 1170. The first-order valence-corrected chi connectivity index (χ1v) is 11.1. The average molecular weight is 424 g/mol. The van der Waals surface area contributed by atoms with Crippen LogP contribution in [-0.2, 0) is 24.2 Å². The second-order valence-corrected chi connectivity index (χ2v) is 9.44. The Hall–Kier alpha value is -2.80. The summed E-state index contributed by atoms with van der Waals surface area (Å²) in [6.45, 7) is 5.82. The van der Waals surface area contributed by atoms with Gasteiger partial charge in [0.2, 0.25) is 5.91 Å². The van der Waals surface area contributed by atoms with Gasteiger partial charge in [-0.25, -0.2) is 4.98 Å². The number of thiophene rings is 1. The first-order valence-electron chi connectivity index (χ1n) is 10.3. The zero-order valence-electron chi connectivity index (χ0n) is 17.4. The molecule has 2 heterocycles. The van der Waals surface area contributed by atoms with E-state index < -0.39 is 0 Å². The highest BCUT2D eigenvalue weighted by Crippen LogP contribution is 2.35. The number of amides is 1. The molecule has 0 saturated carbocycles. The van der Waals surface area contributed by atoms with Gasteiger partial charge in [0.1, 0.15) is 4.83 Å². The first kappa shape index (κ1) is 20.5. The van der Waals surface area contributed by atoms with Crippen molar-refractivity contribution in [3.63, 3.8) is 0 Å². The molecule has 1 aliphatic rings. The molecule has 1 unspecified atom stereocenters. The molecular formula is C23H25N3O3S. The fourth-order valence-corrected chi connectivity index (χ4v) is 5.09. The quantitative estimate of drug-likeness (QED) is 0.628. The minimum atomic E-state index is -0.169. The van der Waals surface area contributed by atoms with E-state index in [4.69, 9.17) is 0 Å². The first-order chi connectivity index (χ1) is 14.3. The standard InChI is InChI=1S/C23H25N3O3S/c1-13(2)21(28)25-16-7-5-15(6-8-16)18(27)11-26-12-24-22-20(23(26)29)17-9-4-14(3)10-19(17)30-22/h5-8,12-14H,4,9-11H2,1-3H3,(H,25,28). The molecule has 0 radical (unpaired) electrons. The molecule has 0 bridgehead atoms. The Morgan fingerprint density at radius 2 is 2.00 bits per heavy atom. The van der Waals surface area contributed by atoms with Crippen LogP contribution >= 0.6 is 11.3 Å². The highest BCUT2D eigenvalue weighted by Gasteiger charge is 2.23. The molecule has 2 aromatic heterocycles. The van der Waals surface area contributed by atoms with Crippen LogP contribution in [0.5, 0.6) is 0 Å². The average Bonchev–Trinajstić information content (AvgIpc) is 3.08. The lowest BCUT2D eigenvalue weighted by Gasteiger charge is -2.17. The van der Waals surface area contributed by atoms with Crippen molar-refractivity contribution in [1.29, 1.82) is 0 Å². The molecule has 156 valence electrons. The van der Waals surface area contributed by atoms with Gasteiger partial charge in [0, 0.05) is 22.0 Å². The summed E-state index contributed by atoms with van der Waals surface area (Å²) in [4.78, 5) is 44.1. The molecule has 0 saturated heterocycles. The lowest BCUT2D eigenvalue weighted by molar-refractivity contribution is -0.118. The summed E-state index contributed by atoms with van der Waals surface area (Å²) in [7, 11) is 0. The van der Waals surface area contributed by atoms with E-state index >= 15 is 0 Å². The second kappa shape index (κ2) is 8.14. The highest BCUT2D eigenvalue weighted by molar-refractivity contribution is 7.18. The summed E-state index contributed by atoms with van der Waals surface area (Å²) in [5.74, 6) is 0.264. The number of Topliss-reactive ketones (excluding diaryl/α,β-unsaturated/α-hetero) is 1. The minimum absolute atomic E-state index is 0.0551. The molecule has 30 heavy (non-hydrogen) atoms. The summed E-state index contributed by atoms with van der Waals surface area (Å²) >= 11 is 1.61.